The number of anilines is 2. The first-order valence-corrected chi connectivity index (χ1v) is 7.71. The number of para-hydroxylation sites is 1. The molecular weight excluding hydrogens is 331 g/mol. The van der Waals surface area contributed by atoms with Gasteiger partial charge in [-0.2, -0.15) is 0 Å². The van der Waals surface area contributed by atoms with Gasteiger partial charge in [0.25, 0.3) is 0 Å². The third kappa shape index (κ3) is 3.18. The fourth-order valence-electron chi connectivity index (χ4n) is 2.46. The van der Waals surface area contributed by atoms with Crippen LogP contribution in [0.3, 0.4) is 0 Å². The minimum atomic E-state index is 0.350. The zero-order chi connectivity index (χ0) is 14.8. The molecule has 0 amide bonds. The van der Waals surface area contributed by atoms with E-state index in [4.69, 9.17) is 34.8 Å². The van der Waals surface area contributed by atoms with E-state index in [1.54, 1.807) is 6.07 Å². The van der Waals surface area contributed by atoms with E-state index >= 15 is 0 Å². The molecule has 0 atom stereocenters. The van der Waals surface area contributed by atoms with Crippen LogP contribution in [-0.2, 0) is 0 Å². The van der Waals surface area contributed by atoms with Crippen LogP contribution in [0, 0.1) is 0 Å². The van der Waals surface area contributed by atoms with Gasteiger partial charge in [0.05, 0.1) is 16.4 Å². The molecule has 0 aliphatic carbocycles. The van der Waals surface area contributed by atoms with E-state index in [0.29, 0.717) is 10.3 Å². The summed E-state index contributed by atoms with van der Waals surface area (Å²) in [6.45, 7) is 3.37. The van der Waals surface area contributed by atoms with Gasteiger partial charge in [-0.3, -0.25) is 0 Å². The third-order valence-electron chi connectivity index (χ3n) is 3.51. The van der Waals surface area contributed by atoms with Crippen molar-refractivity contribution in [3.8, 4) is 0 Å². The standard InChI is InChI=1S/C14H13Cl3N4/c15-10-3-1-2-4-11(10)20-5-7-21(8-6-20)12-9-13(16)18-19-14(12)17/h1-4,9H,5-8H2. The molecule has 1 aromatic heterocycles. The molecule has 2 heterocycles. The van der Waals surface area contributed by atoms with E-state index < -0.39 is 0 Å². The molecule has 3 rings (SSSR count). The Morgan fingerprint density at radius 3 is 2.10 bits per heavy atom. The molecule has 1 aromatic carbocycles. The molecule has 0 unspecified atom stereocenters. The van der Waals surface area contributed by atoms with Crippen molar-refractivity contribution in [2.24, 2.45) is 0 Å². The molecule has 1 saturated heterocycles. The van der Waals surface area contributed by atoms with Gasteiger partial charge in [0.15, 0.2) is 10.3 Å². The van der Waals surface area contributed by atoms with Crippen molar-refractivity contribution >= 4 is 46.2 Å². The number of rotatable bonds is 2. The van der Waals surface area contributed by atoms with Gasteiger partial charge < -0.3 is 9.80 Å². The lowest BCUT2D eigenvalue weighted by molar-refractivity contribution is 0.652. The van der Waals surface area contributed by atoms with Crippen molar-refractivity contribution in [3.05, 3.63) is 45.7 Å². The second kappa shape index (κ2) is 6.26. The van der Waals surface area contributed by atoms with Gasteiger partial charge in [-0.1, -0.05) is 46.9 Å². The van der Waals surface area contributed by atoms with Crippen molar-refractivity contribution in [1.82, 2.24) is 10.2 Å². The molecule has 0 N–H and O–H groups in total. The zero-order valence-corrected chi connectivity index (χ0v) is 13.4. The number of piperazine rings is 1. The van der Waals surface area contributed by atoms with Crippen LogP contribution in [0.25, 0.3) is 0 Å². The molecule has 110 valence electrons. The summed E-state index contributed by atoms with van der Waals surface area (Å²) in [5.41, 5.74) is 1.89. The van der Waals surface area contributed by atoms with Gasteiger partial charge in [-0.15, -0.1) is 10.2 Å². The minimum absolute atomic E-state index is 0.350. The quantitative estimate of drug-likeness (QED) is 0.831. The summed E-state index contributed by atoms with van der Waals surface area (Å²) in [6, 6.07) is 9.63. The maximum Gasteiger partial charge on any atom is 0.175 e. The first-order valence-electron chi connectivity index (χ1n) is 6.58. The number of benzene rings is 1. The molecule has 0 radical (unpaired) electrons. The number of nitrogens with zero attached hydrogens (tertiary/aromatic N) is 4. The van der Waals surface area contributed by atoms with E-state index in [9.17, 15) is 0 Å². The molecule has 1 aliphatic rings. The fourth-order valence-corrected chi connectivity index (χ4v) is 3.07. The highest BCUT2D eigenvalue weighted by molar-refractivity contribution is 6.33. The topological polar surface area (TPSA) is 32.3 Å². The van der Waals surface area contributed by atoms with Crippen LogP contribution in [-0.4, -0.2) is 36.4 Å². The van der Waals surface area contributed by atoms with Crippen molar-refractivity contribution in [2.75, 3.05) is 36.0 Å². The lowest BCUT2D eigenvalue weighted by Crippen LogP contribution is -2.46. The second-order valence-corrected chi connectivity index (χ2v) is 5.92. The lowest BCUT2D eigenvalue weighted by Gasteiger charge is -2.37. The highest BCUT2D eigenvalue weighted by Gasteiger charge is 2.21. The van der Waals surface area contributed by atoms with Crippen LogP contribution in [0.15, 0.2) is 30.3 Å². The summed E-state index contributed by atoms with van der Waals surface area (Å²) in [4.78, 5) is 4.43. The largest absolute Gasteiger partial charge is 0.367 e. The Bertz CT molecular complexity index is 642. The smallest absolute Gasteiger partial charge is 0.175 e. The van der Waals surface area contributed by atoms with Gasteiger partial charge in [0.2, 0.25) is 0 Å². The molecule has 0 bridgehead atoms. The third-order valence-corrected chi connectivity index (χ3v) is 4.29. The summed E-state index contributed by atoms with van der Waals surface area (Å²) in [5.74, 6) is 0. The Hall–Kier alpha value is -1.23. The molecule has 0 spiro atoms. The Morgan fingerprint density at radius 2 is 1.43 bits per heavy atom. The molecule has 1 aliphatic heterocycles. The van der Waals surface area contributed by atoms with Crippen molar-refractivity contribution in [2.45, 2.75) is 0 Å². The molecule has 2 aromatic rings. The molecular formula is C14H13Cl3N4. The maximum atomic E-state index is 6.24. The van der Waals surface area contributed by atoms with Crippen LogP contribution >= 0.6 is 34.8 Å². The minimum Gasteiger partial charge on any atom is -0.367 e. The van der Waals surface area contributed by atoms with E-state index in [0.717, 1.165) is 42.6 Å². The predicted molar refractivity (Wildman–Crippen MR) is 87.9 cm³/mol. The van der Waals surface area contributed by atoms with Crippen molar-refractivity contribution < 1.29 is 0 Å². The normalized spacial score (nSPS) is 15.4. The van der Waals surface area contributed by atoms with E-state index in [1.807, 2.05) is 24.3 Å². The van der Waals surface area contributed by atoms with Crippen LogP contribution in [0.1, 0.15) is 0 Å². The predicted octanol–water partition coefficient (Wildman–Crippen LogP) is 3.76. The SMILES string of the molecule is Clc1cc(N2CCN(c3ccccc3Cl)CC2)c(Cl)nn1. The summed E-state index contributed by atoms with van der Waals surface area (Å²) >= 11 is 18.2. The lowest BCUT2D eigenvalue weighted by atomic mass is 10.2. The first-order chi connectivity index (χ1) is 10.1. The van der Waals surface area contributed by atoms with Crippen molar-refractivity contribution in [1.29, 1.82) is 0 Å². The number of hydrogen-bond donors (Lipinski definition) is 0. The Balaban J connectivity index is 1.73. The van der Waals surface area contributed by atoms with E-state index in [1.165, 1.54) is 0 Å². The van der Waals surface area contributed by atoms with Crippen LogP contribution in [0.2, 0.25) is 15.3 Å². The molecule has 21 heavy (non-hydrogen) atoms. The first kappa shape index (κ1) is 14.7. The zero-order valence-electron chi connectivity index (χ0n) is 11.1. The number of hydrogen-bond acceptors (Lipinski definition) is 4. The monoisotopic (exact) mass is 342 g/mol. The van der Waals surface area contributed by atoms with E-state index in [-0.39, 0.29) is 0 Å². The second-order valence-electron chi connectivity index (χ2n) is 4.77. The van der Waals surface area contributed by atoms with Gasteiger partial charge in [-0.25, -0.2) is 0 Å². The highest BCUT2D eigenvalue weighted by atomic mass is 35.5. The van der Waals surface area contributed by atoms with E-state index in [2.05, 4.69) is 20.0 Å². The van der Waals surface area contributed by atoms with Crippen LogP contribution in [0.5, 0.6) is 0 Å². The molecule has 1 fully saturated rings. The fraction of sp³-hybridized carbons (Fsp3) is 0.286. The number of aromatic nitrogens is 2. The Kier molecular flexibility index (Phi) is 4.38. The summed E-state index contributed by atoms with van der Waals surface area (Å²) in [6.07, 6.45) is 0. The van der Waals surface area contributed by atoms with Crippen LogP contribution < -0.4 is 9.80 Å². The van der Waals surface area contributed by atoms with Gasteiger partial charge >= 0.3 is 0 Å². The van der Waals surface area contributed by atoms with Gasteiger partial charge in [0.1, 0.15) is 0 Å². The molecule has 7 heteroatoms. The molecule has 4 nitrogen and oxygen atoms in total. The number of halogens is 3. The van der Waals surface area contributed by atoms with Gasteiger partial charge in [-0.05, 0) is 12.1 Å². The van der Waals surface area contributed by atoms with Crippen LogP contribution in [0.4, 0.5) is 11.4 Å². The maximum absolute atomic E-state index is 6.24. The average Bonchev–Trinajstić information content (AvgIpc) is 2.50. The Morgan fingerprint density at radius 1 is 0.810 bits per heavy atom. The summed E-state index contributed by atoms with van der Waals surface area (Å²) < 4.78 is 0. The highest BCUT2D eigenvalue weighted by Crippen LogP contribution is 2.29. The van der Waals surface area contributed by atoms with Gasteiger partial charge in [0, 0.05) is 32.2 Å². The van der Waals surface area contributed by atoms with Crippen molar-refractivity contribution in [3.63, 3.8) is 0 Å². The average molecular weight is 344 g/mol. The Labute approximate surface area is 138 Å². The summed E-state index contributed by atoms with van der Waals surface area (Å²) in [7, 11) is 0. The summed E-state index contributed by atoms with van der Waals surface area (Å²) in [5, 5.41) is 9.10. The molecule has 0 saturated carbocycles.